The van der Waals surface area contributed by atoms with E-state index in [-0.39, 0.29) is 0 Å². The summed E-state index contributed by atoms with van der Waals surface area (Å²) in [5.74, 6) is -0.945. The largest absolute Gasteiger partial charge is 0.741 e. The average Bonchev–Trinajstić information content (AvgIpc) is 2.43. The molecule has 2 aromatic rings. The van der Waals surface area contributed by atoms with Gasteiger partial charge in [0.2, 0.25) is 3.57 Å². The lowest BCUT2D eigenvalue weighted by molar-refractivity contribution is -0.601. The smallest absolute Gasteiger partial charge is 0.485 e. The van der Waals surface area contributed by atoms with E-state index < -0.39 is 48.5 Å². The molecule has 0 radical (unpaired) electrons. The summed E-state index contributed by atoms with van der Waals surface area (Å²) < 4.78 is 87.3. The van der Waals surface area contributed by atoms with Crippen molar-refractivity contribution in [1.82, 2.24) is 0 Å². The van der Waals surface area contributed by atoms with E-state index in [1.165, 1.54) is 26.3 Å². The van der Waals surface area contributed by atoms with E-state index in [9.17, 15) is 22.0 Å². The molecular weight excluding hydrogens is 494 g/mol. The van der Waals surface area contributed by atoms with Gasteiger partial charge in [0.05, 0.1) is 0 Å². The van der Waals surface area contributed by atoms with Gasteiger partial charge in [0, 0.05) is 17.2 Å². The van der Waals surface area contributed by atoms with Gasteiger partial charge in [-0.3, -0.25) is 0 Å². The highest BCUT2D eigenvalue weighted by atomic mass is 127. The Morgan fingerprint density at radius 1 is 0.962 bits per heavy atom. The average molecular weight is 508 g/mol. The van der Waals surface area contributed by atoms with E-state index in [2.05, 4.69) is 32.9 Å². The Morgan fingerprint density at radius 3 is 1.81 bits per heavy atom. The lowest BCUT2D eigenvalue weighted by Gasteiger charge is -2.08. The van der Waals surface area contributed by atoms with Crippen LogP contribution in [0.3, 0.4) is 0 Å². The molecule has 2 rings (SSSR count). The van der Waals surface area contributed by atoms with Crippen molar-refractivity contribution in [1.29, 1.82) is 0 Å². The van der Waals surface area contributed by atoms with Crippen LogP contribution in [0.4, 0.5) is 22.0 Å². The SMILES string of the molecule is Cc1cc(C)c([I+]c2ccc(F)cc2F)c(C)c1.O=S(=O)([O-])C(F)(F)F. The maximum Gasteiger partial charge on any atom is 0.485 e. The molecule has 0 N–H and O–H groups in total. The topological polar surface area (TPSA) is 57.2 Å². The van der Waals surface area contributed by atoms with Crippen molar-refractivity contribution in [2.75, 3.05) is 0 Å². The summed E-state index contributed by atoms with van der Waals surface area (Å²) in [5.41, 5.74) is -2.03. The van der Waals surface area contributed by atoms with E-state index in [0.29, 0.717) is 3.57 Å². The number of benzene rings is 2. The molecule has 0 saturated carbocycles. The summed E-state index contributed by atoms with van der Waals surface area (Å²) in [6.45, 7) is 6.16. The molecule has 0 heterocycles. The summed E-state index contributed by atoms with van der Waals surface area (Å²) in [5, 5.41) is 0. The van der Waals surface area contributed by atoms with Crippen LogP contribution in [0.5, 0.6) is 0 Å². The summed E-state index contributed by atoms with van der Waals surface area (Å²) in [7, 11) is -6.09. The Hall–Kier alpha value is -1.27. The molecule has 3 nitrogen and oxygen atoms in total. The van der Waals surface area contributed by atoms with Gasteiger partial charge >= 0.3 is 26.7 Å². The van der Waals surface area contributed by atoms with Crippen LogP contribution in [0.1, 0.15) is 16.7 Å². The van der Waals surface area contributed by atoms with Crippen LogP contribution in [0.2, 0.25) is 0 Å². The fraction of sp³-hybridized carbons (Fsp3) is 0.250. The predicted molar refractivity (Wildman–Crippen MR) is 80.2 cm³/mol. The van der Waals surface area contributed by atoms with Crippen LogP contribution in [-0.2, 0) is 10.1 Å². The van der Waals surface area contributed by atoms with E-state index in [1.807, 2.05) is 0 Å². The lowest BCUT2D eigenvalue weighted by atomic mass is 10.1. The first-order chi connectivity index (χ1) is 11.7. The third kappa shape index (κ3) is 6.47. The second kappa shape index (κ2) is 8.61. The first-order valence-corrected chi connectivity index (χ1v) is 10.5. The zero-order chi connectivity index (χ0) is 20.3. The monoisotopic (exact) mass is 508 g/mol. The molecule has 0 aliphatic carbocycles. The van der Waals surface area contributed by atoms with E-state index in [1.54, 1.807) is 6.07 Å². The van der Waals surface area contributed by atoms with Crippen LogP contribution >= 0.6 is 0 Å². The molecule has 0 fully saturated rings. The normalized spacial score (nSPS) is 11.7. The molecule has 0 aliphatic heterocycles. The van der Waals surface area contributed by atoms with Gasteiger partial charge in [-0.2, -0.15) is 13.2 Å². The van der Waals surface area contributed by atoms with Crippen molar-refractivity contribution in [2.45, 2.75) is 26.3 Å². The number of alkyl halides is 3. The van der Waals surface area contributed by atoms with E-state index in [4.69, 9.17) is 13.0 Å². The Kier molecular flexibility index (Phi) is 7.54. The molecule has 144 valence electrons. The molecule has 0 saturated heterocycles. The standard InChI is InChI=1S/C15H14F2I.CHF3O3S/c1-9-6-10(2)15(11(3)7-9)18-14-5-4-12(16)8-13(14)17;2-1(3,4)8(5,6)7/h4-8H,1-3H3;(H,5,6,7)/q+1;/p-1. The highest BCUT2D eigenvalue weighted by Crippen LogP contribution is 2.20. The molecule has 0 spiro atoms. The fourth-order valence-corrected chi connectivity index (χ4v) is 4.48. The molecule has 2 aromatic carbocycles. The molecule has 0 unspecified atom stereocenters. The van der Waals surface area contributed by atoms with Crippen LogP contribution < -0.4 is 21.2 Å². The van der Waals surface area contributed by atoms with Crippen molar-refractivity contribution in [3.05, 3.63) is 65.8 Å². The zero-order valence-electron chi connectivity index (χ0n) is 13.8. The molecule has 10 heteroatoms. The van der Waals surface area contributed by atoms with Gasteiger partial charge in [0.1, 0.15) is 5.82 Å². The van der Waals surface area contributed by atoms with Gasteiger partial charge in [0.15, 0.2) is 19.5 Å². The molecule has 0 amide bonds. The van der Waals surface area contributed by atoms with Crippen LogP contribution in [0.25, 0.3) is 0 Å². The van der Waals surface area contributed by atoms with Gasteiger partial charge in [-0.05, 0) is 32.9 Å². The van der Waals surface area contributed by atoms with Crippen molar-refractivity contribution < 1.29 is 56.1 Å². The molecule has 0 aromatic heterocycles. The van der Waals surface area contributed by atoms with E-state index in [0.717, 1.165) is 6.07 Å². The maximum absolute atomic E-state index is 13.7. The molecule has 0 aliphatic rings. The third-order valence-corrected chi connectivity index (χ3v) is 7.21. The highest BCUT2D eigenvalue weighted by molar-refractivity contribution is 7.86. The first kappa shape index (κ1) is 22.8. The summed E-state index contributed by atoms with van der Waals surface area (Å²) in [4.78, 5) is 0. The van der Waals surface area contributed by atoms with Crippen molar-refractivity contribution in [3.63, 3.8) is 0 Å². The minimum absolute atomic E-state index is 0.429. The van der Waals surface area contributed by atoms with Crippen LogP contribution in [-0.4, -0.2) is 18.5 Å². The number of hydrogen-bond acceptors (Lipinski definition) is 3. The first-order valence-electron chi connectivity index (χ1n) is 6.92. The van der Waals surface area contributed by atoms with Crippen LogP contribution in [0.15, 0.2) is 30.3 Å². The summed E-state index contributed by atoms with van der Waals surface area (Å²) >= 11 is -0.604. The lowest BCUT2D eigenvalue weighted by Crippen LogP contribution is -3.62. The quantitative estimate of drug-likeness (QED) is 0.201. The number of halogens is 6. The fourth-order valence-electron chi connectivity index (χ4n) is 1.96. The van der Waals surface area contributed by atoms with Crippen LogP contribution in [0, 0.1) is 39.5 Å². The molecule has 0 atom stereocenters. The minimum atomic E-state index is -6.09. The second-order valence-corrected chi connectivity index (χ2v) is 9.42. The summed E-state index contributed by atoms with van der Waals surface area (Å²) in [6, 6.07) is 8.09. The Bertz CT molecular complexity index is 872. The molecule has 0 bridgehead atoms. The van der Waals surface area contributed by atoms with Crippen molar-refractivity contribution in [2.24, 2.45) is 0 Å². The maximum atomic E-state index is 13.7. The van der Waals surface area contributed by atoms with Gasteiger partial charge in [-0.25, -0.2) is 17.2 Å². The van der Waals surface area contributed by atoms with Gasteiger partial charge < -0.3 is 4.55 Å². The highest BCUT2D eigenvalue weighted by Gasteiger charge is 2.36. The Labute approximate surface area is 158 Å². The minimum Gasteiger partial charge on any atom is -0.741 e. The molecular formula is C16H14F5IO3S. The number of hydrogen-bond donors (Lipinski definition) is 0. The number of rotatable bonds is 2. The van der Waals surface area contributed by atoms with Crippen molar-refractivity contribution >= 4 is 10.1 Å². The van der Waals surface area contributed by atoms with Gasteiger partial charge in [-0.15, -0.1) is 0 Å². The second-order valence-electron chi connectivity index (χ2n) is 5.27. The Morgan fingerprint density at radius 2 is 1.42 bits per heavy atom. The predicted octanol–water partition coefficient (Wildman–Crippen LogP) is 1.07. The summed E-state index contributed by atoms with van der Waals surface area (Å²) in [6.07, 6.45) is 0. The van der Waals surface area contributed by atoms with E-state index >= 15 is 0 Å². The zero-order valence-corrected chi connectivity index (χ0v) is 16.8. The number of aryl methyl sites for hydroxylation is 3. The Balaban J connectivity index is 0.000000359. The van der Waals surface area contributed by atoms with Crippen molar-refractivity contribution in [3.8, 4) is 0 Å². The third-order valence-electron chi connectivity index (χ3n) is 2.94. The molecule has 26 heavy (non-hydrogen) atoms. The van der Waals surface area contributed by atoms with Gasteiger partial charge in [-0.1, -0.05) is 17.7 Å². The van der Waals surface area contributed by atoms with Gasteiger partial charge in [0.25, 0.3) is 0 Å².